The summed E-state index contributed by atoms with van der Waals surface area (Å²) >= 11 is 11.8. The molecule has 126 valence electrons. The van der Waals surface area contributed by atoms with Crippen LogP contribution in [0.5, 0.6) is 0 Å². The number of nitrogens with one attached hydrogen (secondary N) is 1. The topological polar surface area (TPSA) is 66.4 Å². The number of carbonyl (C=O) groups is 2. The molecule has 0 saturated heterocycles. The highest BCUT2D eigenvalue weighted by Gasteiger charge is 2.23. The number of hydrogen-bond acceptors (Lipinski definition) is 2. The van der Waals surface area contributed by atoms with Crippen LogP contribution in [0.1, 0.15) is 15.9 Å². The van der Waals surface area contributed by atoms with E-state index in [1.165, 1.54) is 18.2 Å². The minimum absolute atomic E-state index is 0.116. The normalized spacial score (nSPS) is 11.8. The molecule has 1 amide bonds. The number of aliphatic carboxylic acids is 1. The van der Waals surface area contributed by atoms with Crippen LogP contribution in [0, 0.1) is 11.6 Å². The summed E-state index contributed by atoms with van der Waals surface area (Å²) in [5, 5.41) is 12.1. The lowest BCUT2D eigenvalue weighted by Crippen LogP contribution is -2.42. The van der Waals surface area contributed by atoms with Crippen molar-refractivity contribution >= 4 is 35.1 Å². The van der Waals surface area contributed by atoms with Crippen LogP contribution in [0.25, 0.3) is 0 Å². The van der Waals surface area contributed by atoms with Gasteiger partial charge in [-0.3, -0.25) is 4.79 Å². The summed E-state index contributed by atoms with van der Waals surface area (Å²) in [5.41, 5.74) is 0.139. The molecule has 2 aromatic carbocycles. The second-order valence-corrected chi connectivity index (χ2v) is 5.81. The zero-order chi connectivity index (χ0) is 17.9. The highest BCUT2D eigenvalue weighted by molar-refractivity contribution is 6.35. The van der Waals surface area contributed by atoms with Gasteiger partial charge < -0.3 is 10.4 Å². The monoisotopic (exact) mass is 373 g/mol. The van der Waals surface area contributed by atoms with E-state index in [0.717, 1.165) is 12.1 Å². The van der Waals surface area contributed by atoms with Crippen molar-refractivity contribution in [2.75, 3.05) is 0 Å². The van der Waals surface area contributed by atoms with E-state index < -0.39 is 29.6 Å². The van der Waals surface area contributed by atoms with Crippen LogP contribution in [0.3, 0.4) is 0 Å². The quantitative estimate of drug-likeness (QED) is 0.839. The van der Waals surface area contributed by atoms with E-state index in [-0.39, 0.29) is 17.0 Å². The molecule has 24 heavy (non-hydrogen) atoms. The van der Waals surface area contributed by atoms with Crippen molar-refractivity contribution < 1.29 is 23.5 Å². The fourth-order valence-corrected chi connectivity index (χ4v) is 2.52. The number of halogens is 4. The molecule has 0 aliphatic rings. The zero-order valence-corrected chi connectivity index (χ0v) is 13.5. The summed E-state index contributed by atoms with van der Waals surface area (Å²) in [7, 11) is 0. The second kappa shape index (κ2) is 7.59. The van der Waals surface area contributed by atoms with Crippen molar-refractivity contribution in [1.29, 1.82) is 0 Å². The van der Waals surface area contributed by atoms with Gasteiger partial charge in [0.25, 0.3) is 5.91 Å². The Morgan fingerprint density at radius 1 is 1.08 bits per heavy atom. The first-order chi connectivity index (χ1) is 11.3. The Hall–Kier alpha value is -2.18. The maximum absolute atomic E-state index is 13.2. The first kappa shape index (κ1) is 18.2. The number of benzene rings is 2. The molecule has 0 spiro atoms. The molecule has 0 aromatic heterocycles. The average molecular weight is 374 g/mol. The molecule has 0 unspecified atom stereocenters. The molecule has 8 heteroatoms. The van der Waals surface area contributed by atoms with Crippen LogP contribution < -0.4 is 5.32 Å². The van der Waals surface area contributed by atoms with Gasteiger partial charge in [-0.25, -0.2) is 13.6 Å². The van der Waals surface area contributed by atoms with Gasteiger partial charge in [0.05, 0.1) is 0 Å². The number of carboxylic acid groups (broad SMARTS) is 1. The van der Waals surface area contributed by atoms with Gasteiger partial charge in [0.15, 0.2) is 0 Å². The lowest BCUT2D eigenvalue weighted by Gasteiger charge is -2.15. The van der Waals surface area contributed by atoms with Gasteiger partial charge >= 0.3 is 5.97 Å². The zero-order valence-electron chi connectivity index (χ0n) is 12.0. The molecule has 1 atom stereocenters. The highest BCUT2D eigenvalue weighted by atomic mass is 35.5. The molecule has 0 aliphatic carbocycles. The van der Waals surface area contributed by atoms with Crippen molar-refractivity contribution in [3.8, 4) is 0 Å². The standard InChI is InChI=1S/C16H11Cl2F2NO3/c17-10-2-1-8(13(18)6-10)5-14(16(23)24)21-15(22)9-3-11(19)7-12(20)4-9/h1-4,6-7,14H,5H2,(H,21,22)(H,23,24)/t14-/m0/s1. The molecule has 2 rings (SSSR count). The number of hydrogen-bond donors (Lipinski definition) is 2. The van der Waals surface area contributed by atoms with E-state index in [4.69, 9.17) is 23.2 Å². The van der Waals surface area contributed by atoms with Gasteiger partial charge in [0, 0.05) is 28.1 Å². The fraction of sp³-hybridized carbons (Fsp3) is 0.125. The Morgan fingerprint density at radius 3 is 2.25 bits per heavy atom. The van der Waals surface area contributed by atoms with Crippen molar-refractivity contribution in [3.63, 3.8) is 0 Å². The maximum Gasteiger partial charge on any atom is 0.326 e. The van der Waals surface area contributed by atoms with Gasteiger partial charge in [-0.15, -0.1) is 0 Å². The first-order valence-corrected chi connectivity index (χ1v) is 7.45. The summed E-state index contributed by atoms with van der Waals surface area (Å²) in [4.78, 5) is 23.4. The Morgan fingerprint density at radius 2 is 1.71 bits per heavy atom. The molecule has 0 aliphatic heterocycles. The van der Waals surface area contributed by atoms with E-state index in [1.54, 1.807) is 0 Å². The number of carbonyl (C=O) groups excluding carboxylic acids is 1. The Bertz CT molecular complexity index is 779. The molecule has 0 saturated carbocycles. The number of rotatable bonds is 5. The fourth-order valence-electron chi connectivity index (χ4n) is 2.03. The third-order valence-corrected chi connectivity index (χ3v) is 3.75. The first-order valence-electron chi connectivity index (χ1n) is 6.70. The van der Waals surface area contributed by atoms with E-state index >= 15 is 0 Å². The van der Waals surface area contributed by atoms with E-state index in [9.17, 15) is 23.5 Å². The summed E-state index contributed by atoms with van der Waals surface area (Å²) in [6, 6.07) is 5.42. The minimum Gasteiger partial charge on any atom is -0.480 e. The average Bonchev–Trinajstić information content (AvgIpc) is 2.47. The SMILES string of the molecule is O=C(N[C@@H](Cc1ccc(Cl)cc1Cl)C(=O)O)c1cc(F)cc(F)c1. The molecular weight excluding hydrogens is 363 g/mol. The molecule has 0 fully saturated rings. The molecule has 4 nitrogen and oxygen atoms in total. The summed E-state index contributed by atoms with van der Waals surface area (Å²) in [5.74, 6) is -4.10. The highest BCUT2D eigenvalue weighted by Crippen LogP contribution is 2.22. The summed E-state index contributed by atoms with van der Waals surface area (Å²) < 4.78 is 26.3. The molecule has 2 N–H and O–H groups in total. The molecular formula is C16H11Cl2F2NO3. The van der Waals surface area contributed by atoms with Crippen molar-refractivity contribution in [2.45, 2.75) is 12.5 Å². The van der Waals surface area contributed by atoms with Crippen LogP contribution in [-0.4, -0.2) is 23.0 Å². The van der Waals surface area contributed by atoms with Gasteiger partial charge in [0.1, 0.15) is 17.7 Å². The third kappa shape index (κ3) is 4.66. The van der Waals surface area contributed by atoms with Gasteiger partial charge in [-0.05, 0) is 29.8 Å². The molecule has 0 radical (unpaired) electrons. The molecule has 0 bridgehead atoms. The van der Waals surface area contributed by atoms with Crippen LogP contribution >= 0.6 is 23.2 Å². The van der Waals surface area contributed by atoms with Gasteiger partial charge in [-0.2, -0.15) is 0 Å². The number of carboxylic acids is 1. The van der Waals surface area contributed by atoms with Crippen molar-refractivity contribution in [2.24, 2.45) is 0 Å². The van der Waals surface area contributed by atoms with E-state index in [1.807, 2.05) is 0 Å². The summed E-state index contributed by atoms with van der Waals surface area (Å²) in [6.45, 7) is 0. The van der Waals surface area contributed by atoms with Gasteiger partial charge in [-0.1, -0.05) is 29.3 Å². The predicted octanol–water partition coefficient (Wildman–Crippen LogP) is 3.70. The van der Waals surface area contributed by atoms with E-state index in [2.05, 4.69) is 5.32 Å². The van der Waals surface area contributed by atoms with Crippen LogP contribution in [0.4, 0.5) is 8.78 Å². The second-order valence-electron chi connectivity index (χ2n) is 4.96. The predicted molar refractivity (Wildman–Crippen MR) is 85.4 cm³/mol. The van der Waals surface area contributed by atoms with E-state index in [0.29, 0.717) is 16.7 Å². The lowest BCUT2D eigenvalue weighted by atomic mass is 10.1. The largest absolute Gasteiger partial charge is 0.480 e. The van der Waals surface area contributed by atoms with Gasteiger partial charge in [0.2, 0.25) is 0 Å². The van der Waals surface area contributed by atoms with Crippen molar-refractivity contribution in [3.05, 3.63) is 69.2 Å². The summed E-state index contributed by atoms with van der Waals surface area (Å²) in [6.07, 6.45) is -0.116. The third-order valence-electron chi connectivity index (χ3n) is 3.17. The smallest absolute Gasteiger partial charge is 0.326 e. The minimum atomic E-state index is -1.33. The maximum atomic E-state index is 13.2. The van der Waals surface area contributed by atoms with Crippen LogP contribution in [-0.2, 0) is 11.2 Å². The van der Waals surface area contributed by atoms with Crippen molar-refractivity contribution in [1.82, 2.24) is 5.32 Å². The Kier molecular flexibility index (Phi) is 5.75. The lowest BCUT2D eigenvalue weighted by molar-refractivity contribution is -0.139. The molecule has 2 aromatic rings. The molecule has 0 heterocycles. The van der Waals surface area contributed by atoms with Crippen LogP contribution in [0.2, 0.25) is 10.0 Å². The Labute approximate surface area is 146 Å². The Balaban J connectivity index is 2.19. The van der Waals surface area contributed by atoms with Crippen LogP contribution in [0.15, 0.2) is 36.4 Å². The number of amides is 1.